The molecule has 0 bridgehead atoms. The second-order valence-electron chi connectivity index (χ2n) is 8.56. The number of aryl methyl sites for hydroxylation is 5. The van der Waals surface area contributed by atoms with E-state index in [2.05, 4.69) is 49.2 Å². The van der Waals surface area contributed by atoms with Crippen LogP contribution in [0.3, 0.4) is 0 Å². The lowest BCUT2D eigenvalue weighted by molar-refractivity contribution is -0.120. The van der Waals surface area contributed by atoms with Gasteiger partial charge in [-0.3, -0.25) is 14.4 Å². The van der Waals surface area contributed by atoms with E-state index < -0.39 is 0 Å². The molecular formula is C23H31N7O. The number of hydrogen-bond acceptors (Lipinski definition) is 6. The Balaban J connectivity index is 1.44. The van der Waals surface area contributed by atoms with Crippen molar-refractivity contribution in [3.63, 3.8) is 0 Å². The normalized spacial score (nSPS) is 16.0. The first-order chi connectivity index (χ1) is 14.7. The Hall–Kier alpha value is -3.00. The van der Waals surface area contributed by atoms with Crippen LogP contribution in [0.4, 0.5) is 11.5 Å². The summed E-state index contributed by atoms with van der Waals surface area (Å²) in [7, 11) is 1.90. The minimum atomic E-state index is -0.201. The van der Waals surface area contributed by atoms with Gasteiger partial charge in [-0.1, -0.05) is 17.7 Å². The number of anilines is 2. The highest BCUT2D eigenvalue weighted by Gasteiger charge is 2.28. The second kappa shape index (κ2) is 8.26. The van der Waals surface area contributed by atoms with Crippen molar-refractivity contribution < 1.29 is 4.79 Å². The third-order valence-electron chi connectivity index (χ3n) is 6.15. The fraction of sp³-hybridized carbons (Fsp3) is 0.478. The standard InChI is InChI=1S/C23H31N7O/c1-14-11-15(2)20(16(3)12-14)27-23(31)17(4)29-7-9-30(10-8-29)22-19-13-24-28(6)21(19)25-18(5)26-22/h11-13,17H,7-10H2,1-6H3,(H,27,31). The van der Waals surface area contributed by atoms with Crippen LogP contribution in [0.15, 0.2) is 18.3 Å². The Morgan fingerprint density at radius 2 is 1.68 bits per heavy atom. The van der Waals surface area contributed by atoms with Crippen molar-refractivity contribution in [1.82, 2.24) is 24.6 Å². The summed E-state index contributed by atoms with van der Waals surface area (Å²) < 4.78 is 1.78. The highest BCUT2D eigenvalue weighted by molar-refractivity contribution is 5.96. The molecular weight excluding hydrogens is 390 g/mol. The zero-order chi connectivity index (χ0) is 22.3. The summed E-state index contributed by atoms with van der Waals surface area (Å²) in [4.78, 5) is 26.7. The van der Waals surface area contributed by atoms with E-state index in [-0.39, 0.29) is 11.9 Å². The molecule has 3 heterocycles. The number of carbonyl (C=O) groups is 1. The van der Waals surface area contributed by atoms with E-state index in [4.69, 9.17) is 0 Å². The molecule has 1 fully saturated rings. The van der Waals surface area contributed by atoms with Gasteiger partial charge in [0.2, 0.25) is 5.91 Å². The molecule has 1 N–H and O–H groups in total. The van der Waals surface area contributed by atoms with Crippen LogP contribution in [0, 0.1) is 27.7 Å². The van der Waals surface area contributed by atoms with Crippen molar-refractivity contribution >= 4 is 28.4 Å². The maximum atomic E-state index is 13.0. The Kier molecular flexibility index (Phi) is 5.66. The predicted octanol–water partition coefficient (Wildman–Crippen LogP) is 2.75. The molecule has 0 saturated carbocycles. The number of fused-ring (bicyclic) bond motifs is 1. The third-order valence-corrected chi connectivity index (χ3v) is 6.15. The van der Waals surface area contributed by atoms with Crippen LogP contribution in [0.1, 0.15) is 29.4 Å². The van der Waals surface area contributed by atoms with Crippen molar-refractivity contribution in [2.75, 3.05) is 36.4 Å². The van der Waals surface area contributed by atoms with Gasteiger partial charge in [-0.15, -0.1) is 0 Å². The molecule has 1 atom stereocenters. The minimum absolute atomic E-state index is 0.0380. The van der Waals surface area contributed by atoms with Crippen molar-refractivity contribution in [1.29, 1.82) is 0 Å². The quantitative estimate of drug-likeness (QED) is 0.698. The first-order valence-electron chi connectivity index (χ1n) is 10.8. The molecule has 1 unspecified atom stereocenters. The number of nitrogens with zero attached hydrogens (tertiary/aromatic N) is 6. The Morgan fingerprint density at radius 3 is 2.32 bits per heavy atom. The summed E-state index contributed by atoms with van der Waals surface area (Å²) in [6, 6.07) is 4.01. The number of piperazine rings is 1. The zero-order valence-corrected chi connectivity index (χ0v) is 19.2. The minimum Gasteiger partial charge on any atom is -0.353 e. The topological polar surface area (TPSA) is 79.2 Å². The summed E-state index contributed by atoms with van der Waals surface area (Å²) in [5, 5.41) is 8.47. The van der Waals surface area contributed by atoms with Crippen LogP contribution >= 0.6 is 0 Å². The lowest BCUT2D eigenvalue weighted by Gasteiger charge is -2.38. The summed E-state index contributed by atoms with van der Waals surface area (Å²) in [5.74, 6) is 1.71. The Bertz CT molecular complexity index is 1110. The first-order valence-corrected chi connectivity index (χ1v) is 10.8. The van der Waals surface area contributed by atoms with Crippen molar-refractivity contribution in [2.45, 2.75) is 40.7 Å². The van der Waals surface area contributed by atoms with Gasteiger partial charge in [-0.05, 0) is 45.7 Å². The number of amides is 1. The molecule has 8 nitrogen and oxygen atoms in total. The zero-order valence-electron chi connectivity index (χ0n) is 19.2. The van der Waals surface area contributed by atoms with Crippen LogP contribution in [-0.4, -0.2) is 62.8 Å². The molecule has 4 rings (SSSR count). The molecule has 0 spiro atoms. The smallest absolute Gasteiger partial charge is 0.241 e. The summed E-state index contributed by atoms with van der Waals surface area (Å²) in [5.41, 5.74) is 5.18. The monoisotopic (exact) mass is 421 g/mol. The van der Waals surface area contributed by atoms with Crippen LogP contribution < -0.4 is 10.2 Å². The fourth-order valence-corrected chi connectivity index (χ4v) is 4.45. The maximum Gasteiger partial charge on any atom is 0.241 e. The van der Waals surface area contributed by atoms with E-state index in [1.54, 1.807) is 4.68 Å². The first kappa shape index (κ1) is 21.2. The highest BCUT2D eigenvalue weighted by atomic mass is 16.2. The Morgan fingerprint density at radius 1 is 1.03 bits per heavy atom. The van der Waals surface area contributed by atoms with Crippen molar-refractivity contribution in [2.24, 2.45) is 7.05 Å². The number of benzene rings is 1. The van der Waals surface area contributed by atoms with Gasteiger partial charge in [0.15, 0.2) is 5.65 Å². The van der Waals surface area contributed by atoms with E-state index in [1.807, 2.05) is 40.9 Å². The van der Waals surface area contributed by atoms with Crippen molar-refractivity contribution in [3.05, 3.63) is 40.8 Å². The average Bonchev–Trinajstić information content (AvgIpc) is 3.10. The Labute approximate surface area is 183 Å². The van der Waals surface area contributed by atoms with Crippen LogP contribution in [0.25, 0.3) is 11.0 Å². The molecule has 1 aliphatic heterocycles. The van der Waals surface area contributed by atoms with E-state index in [1.165, 1.54) is 5.56 Å². The fourth-order valence-electron chi connectivity index (χ4n) is 4.45. The summed E-state index contributed by atoms with van der Waals surface area (Å²) in [6.07, 6.45) is 1.83. The molecule has 1 saturated heterocycles. The van der Waals surface area contributed by atoms with Crippen LogP contribution in [0.2, 0.25) is 0 Å². The van der Waals surface area contributed by atoms with Gasteiger partial charge in [0.05, 0.1) is 17.6 Å². The summed E-state index contributed by atoms with van der Waals surface area (Å²) in [6.45, 7) is 13.3. The average molecular weight is 422 g/mol. The molecule has 1 aliphatic rings. The van der Waals surface area contributed by atoms with Gasteiger partial charge in [0, 0.05) is 38.9 Å². The van der Waals surface area contributed by atoms with Gasteiger partial charge < -0.3 is 10.2 Å². The molecule has 31 heavy (non-hydrogen) atoms. The van der Waals surface area contributed by atoms with Crippen molar-refractivity contribution in [3.8, 4) is 0 Å². The molecule has 1 aromatic carbocycles. The predicted molar refractivity (Wildman–Crippen MR) is 124 cm³/mol. The van der Waals surface area contributed by atoms with Gasteiger partial charge in [0.1, 0.15) is 11.6 Å². The molecule has 164 valence electrons. The number of aromatic nitrogens is 4. The van der Waals surface area contributed by atoms with Crippen LogP contribution in [-0.2, 0) is 11.8 Å². The van der Waals surface area contributed by atoms with Gasteiger partial charge >= 0.3 is 0 Å². The van der Waals surface area contributed by atoms with E-state index >= 15 is 0 Å². The van der Waals surface area contributed by atoms with Gasteiger partial charge in [-0.25, -0.2) is 9.97 Å². The van der Waals surface area contributed by atoms with E-state index in [9.17, 15) is 4.79 Å². The van der Waals surface area contributed by atoms with E-state index in [0.717, 1.165) is 65.7 Å². The molecule has 3 aromatic rings. The number of hydrogen-bond donors (Lipinski definition) is 1. The second-order valence-corrected chi connectivity index (χ2v) is 8.56. The van der Waals surface area contributed by atoms with Gasteiger partial charge in [0.25, 0.3) is 0 Å². The lowest BCUT2D eigenvalue weighted by Crippen LogP contribution is -2.53. The number of nitrogens with one attached hydrogen (secondary N) is 1. The number of carbonyl (C=O) groups excluding carboxylic acids is 1. The lowest BCUT2D eigenvalue weighted by atomic mass is 10.0. The third kappa shape index (κ3) is 4.12. The molecule has 1 amide bonds. The molecule has 2 aromatic heterocycles. The maximum absolute atomic E-state index is 13.0. The molecule has 0 aliphatic carbocycles. The summed E-state index contributed by atoms with van der Waals surface area (Å²) >= 11 is 0. The van der Waals surface area contributed by atoms with Gasteiger partial charge in [-0.2, -0.15) is 5.10 Å². The van der Waals surface area contributed by atoms with E-state index in [0.29, 0.717) is 0 Å². The van der Waals surface area contributed by atoms with Crippen LogP contribution in [0.5, 0.6) is 0 Å². The highest BCUT2D eigenvalue weighted by Crippen LogP contribution is 2.25. The SMILES string of the molecule is Cc1cc(C)c(NC(=O)C(C)N2CCN(c3nc(C)nc4c3cnn4C)CC2)c(C)c1. The largest absolute Gasteiger partial charge is 0.353 e. The molecule has 0 radical (unpaired) electrons. The molecule has 8 heteroatoms. The number of rotatable bonds is 4.